The van der Waals surface area contributed by atoms with E-state index in [0.717, 1.165) is 37.4 Å². The van der Waals surface area contributed by atoms with Crippen LogP contribution in [0.5, 0.6) is 0 Å². The number of nitrogens with zero attached hydrogens (tertiary/aromatic N) is 2. The summed E-state index contributed by atoms with van der Waals surface area (Å²) in [6.45, 7) is 4.23. The van der Waals surface area contributed by atoms with E-state index in [0.29, 0.717) is 10.7 Å². The molecule has 0 N–H and O–H groups in total. The van der Waals surface area contributed by atoms with Gasteiger partial charge in [-0.25, -0.2) is 4.99 Å². The van der Waals surface area contributed by atoms with E-state index in [1.807, 2.05) is 17.5 Å². The summed E-state index contributed by atoms with van der Waals surface area (Å²) in [7, 11) is 0. The molecule has 12 nitrogen and oxygen atoms in total. The second-order valence-electron chi connectivity index (χ2n) is 9.24. The number of halogens is 1. The van der Waals surface area contributed by atoms with Gasteiger partial charge in [0.1, 0.15) is 18.4 Å². The third kappa shape index (κ3) is 8.22. The lowest BCUT2D eigenvalue weighted by Crippen LogP contribution is -2.61. The zero-order chi connectivity index (χ0) is 31.3. The quantitative estimate of drug-likeness (QED) is 0.232. The van der Waals surface area contributed by atoms with Crippen LogP contribution in [0.1, 0.15) is 32.6 Å². The highest BCUT2D eigenvalue weighted by molar-refractivity contribution is 8.14. The summed E-state index contributed by atoms with van der Waals surface area (Å²) in [5, 5.41) is 2.46. The van der Waals surface area contributed by atoms with Crippen molar-refractivity contribution in [2.75, 3.05) is 11.5 Å². The number of carbonyl (C=O) groups is 5. The molecule has 1 saturated heterocycles. The van der Waals surface area contributed by atoms with Crippen LogP contribution in [0.3, 0.4) is 0 Å². The molecule has 15 heteroatoms. The lowest BCUT2D eigenvalue weighted by molar-refractivity contribution is -0.237. The van der Waals surface area contributed by atoms with E-state index in [-0.39, 0.29) is 17.5 Å². The minimum Gasteiger partial charge on any atom is -0.463 e. The molecule has 2 aromatic rings. The summed E-state index contributed by atoms with van der Waals surface area (Å²) in [6, 6.07) is 10.2. The Morgan fingerprint density at radius 3 is 2.16 bits per heavy atom. The second-order valence-corrected chi connectivity index (χ2v) is 11.7. The van der Waals surface area contributed by atoms with Crippen LogP contribution in [0.25, 0.3) is 6.08 Å². The first kappa shape index (κ1) is 32.2. The molecule has 3 heterocycles. The van der Waals surface area contributed by atoms with Crippen molar-refractivity contribution in [3.63, 3.8) is 0 Å². The summed E-state index contributed by atoms with van der Waals surface area (Å²) in [5.74, 6) is -3.32. The molecule has 0 unspecified atom stereocenters. The molecule has 0 radical (unpaired) electrons. The standard InChI is InChI=1S/C28H27ClN2O10S2/c1-14(32)37-13-22-23(38-15(2)33)24(39-16(3)34)25(40-17(4)35)27(41-22)43-28-30-21(12-20-6-5-11-42-20)26(36)31(28)19-9-7-18(29)8-10-19/h5-12,22-25,27H,13H2,1-4H3/b21-12-/t22-,23-,24+,25+,27+/m0/s1. The van der Waals surface area contributed by atoms with Crippen LogP contribution in [0.15, 0.2) is 52.5 Å². The highest BCUT2D eigenvalue weighted by atomic mass is 35.5. The van der Waals surface area contributed by atoms with Crippen LogP contribution in [-0.4, -0.2) is 71.4 Å². The molecule has 0 spiro atoms. The number of anilines is 1. The molecule has 5 atom stereocenters. The molecule has 0 bridgehead atoms. The fourth-order valence-corrected chi connectivity index (χ4v) is 6.26. The van der Waals surface area contributed by atoms with Gasteiger partial charge < -0.3 is 23.7 Å². The van der Waals surface area contributed by atoms with E-state index < -0.39 is 59.6 Å². The molecule has 1 fully saturated rings. The first-order valence-electron chi connectivity index (χ1n) is 12.8. The van der Waals surface area contributed by atoms with Gasteiger partial charge in [0.15, 0.2) is 28.9 Å². The van der Waals surface area contributed by atoms with Crippen molar-refractivity contribution in [3.05, 3.63) is 57.4 Å². The Balaban J connectivity index is 1.78. The normalized spacial score (nSPS) is 24.3. The Morgan fingerprint density at radius 2 is 1.58 bits per heavy atom. The van der Waals surface area contributed by atoms with Gasteiger partial charge >= 0.3 is 23.9 Å². The monoisotopic (exact) mass is 650 g/mol. The van der Waals surface area contributed by atoms with Crippen LogP contribution < -0.4 is 4.90 Å². The Kier molecular flexibility index (Phi) is 10.6. The summed E-state index contributed by atoms with van der Waals surface area (Å²) in [5.41, 5.74) is -0.602. The van der Waals surface area contributed by atoms with E-state index in [4.69, 9.17) is 35.3 Å². The maximum atomic E-state index is 13.6. The van der Waals surface area contributed by atoms with Crippen molar-refractivity contribution >= 4 is 81.4 Å². The van der Waals surface area contributed by atoms with Gasteiger partial charge in [-0.3, -0.25) is 28.9 Å². The zero-order valence-corrected chi connectivity index (χ0v) is 25.8. The molecule has 0 aliphatic carbocycles. The lowest BCUT2D eigenvalue weighted by atomic mass is 9.99. The number of aliphatic imine (C=N–C) groups is 1. The van der Waals surface area contributed by atoms with Crippen LogP contribution in [0.4, 0.5) is 5.69 Å². The van der Waals surface area contributed by atoms with Crippen LogP contribution >= 0.6 is 34.7 Å². The fraction of sp³-hybridized carbons (Fsp3) is 0.357. The average molecular weight is 651 g/mol. The van der Waals surface area contributed by atoms with Gasteiger partial charge in [0, 0.05) is 37.6 Å². The first-order chi connectivity index (χ1) is 20.4. The summed E-state index contributed by atoms with van der Waals surface area (Å²) in [4.78, 5) is 68.4. The minimum atomic E-state index is -1.36. The largest absolute Gasteiger partial charge is 0.463 e. The van der Waals surface area contributed by atoms with Crippen molar-refractivity contribution < 1.29 is 47.7 Å². The Morgan fingerprint density at radius 1 is 0.953 bits per heavy atom. The topological polar surface area (TPSA) is 147 Å². The number of benzene rings is 1. The number of hydrogen-bond donors (Lipinski definition) is 0. The third-order valence-corrected chi connectivity index (χ3v) is 8.07. The van der Waals surface area contributed by atoms with Gasteiger partial charge in [0.05, 0.1) is 5.69 Å². The van der Waals surface area contributed by atoms with E-state index in [1.165, 1.54) is 23.2 Å². The number of amidine groups is 1. The summed E-state index contributed by atoms with van der Waals surface area (Å²) >= 11 is 8.41. The second kappa shape index (κ2) is 14.2. The molecule has 1 amide bonds. The molecule has 4 rings (SSSR count). The molecule has 1 aromatic heterocycles. The van der Waals surface area contributed by atoms with E-state index >= 15 is 0 Å². The molecule has 228 valence electrons. The number of amides is 1. The van der Waals surface area contributed by atoms with Gasteiger partial charge in [-0.05, 0) is 41.8 Å². The van der Waals surface area contributed by atoms with E-state index in [1.54, 1.807) is 30.3 Å². The number of thioether (sulfide) groups is 1. The Hall–Kier alpha value is -3.72. The minimum absolute atomic E-state index is 0.130. The smallest absolute Gasteiger partial charge is 0.303 e. The Bertz CT molecular complexity index is 1440. The van der Waals surface area contributed by atoms with Gasteiger partial charge in [-0.15, -0.1) is 11.3 Å². The molecule has 1 aromatic carbocycles. The number of thiophene rings is 1. The number of ether oxygens (including phenoxy) is 5. The SMILES string of the molecule is CC(=O)OC[C@@H]1O[C@H](SC2=N/C(=C\c3cccs3)C(=O)N2c2ccc(Cl)cc2)[C@H](OC(C)=O)[C@H](OC(C)=O)[C@H]1OC(C)=O. The molecular weight excluding hydrogens is 624 g/mol. The molecule has 2 aliphatic rings. The number of carbonyl (C=O) groups excluding carboxylic acids is 5. The van der Waals surface area contributed by atoms with Crippen molar-refractivity contribution in [3.8, 4) is 0 Å². The predicted octanol–water partition coefficient (Wildman–Crippen LogP) is 3.96. The Labute approximate surface area is 259 Å². The van der Waals surface area contributed by atoms with E-state index in [2.05, 4.69) is 4.99 Å². The maximum absolute atomic E-state index is 13.6. The summed E-state index contributed by atoms with van der Waals surface area (Å²) in [6.07, 6.45) is -3.52. The van der Waals surface area contributed by atoms with Crippen LogP contribution in [-0.2, 0) is 47.7 Å². The van der Waals surface area contributed by atoms with Crippen LogP contribution in [0, 0.1) is 0 Å². The molecular formula is C28H27ClN2O10S2. The van der Waals surface area contributed by atoms with Gasteiger partial charge in [-0.2, -0.15) is 0 Å². The van der Waals surface area contributed by atoms with Crippen molar-refractivity contribution in [2.45, 2.75) is 57.5 Å². The van der Waals surface area contributed by atoms with Crippen LogP contribution in [0.2, 0.25) is 5.02 Å². The first-order valence-corrected chi connectivity index (χ1v) is 15.0. The molecule has 43 heavy (non-hydrogen) atoms. The molecule has 0 saturated carbocycles. The highest BCUT2D eigenvalue weighted by Crippen LogP contribution is 2.39. The van der Waals surface area contributed by atoms with Crippen molar-refractivity contribution in [1.82, 2.24) is 0 Å². The maximum Gasteiger partial charge on any atom is 0.303 e. The fourth-order valence-electron chi connectivity index (χ4n) is 4.29. The van der Waals surface area contributed by atoms with E-state index in [9.17, 15) is 24.0 Å². The highest BCUT2D eigenvalue weighted by Gasteiger charge is 2.53. The van der Waals surface area contributed by atoms with Crippen molar-refractivity contribution in [1.29, 1.82) is 0 Å². The van der Waals surface area contributed by atoms with Gasteiger partial charge in [0.2, 0.25) is 0 Å². The van der Waals surface area contributed by atoms with Gasteiger partial charge in [-0.1, -0.05) is 29.4 Å². The zero-order valence-electron chi connectivity index (χ0n) is 23.4. The lowest BCUT2D eigenvalue weighted by Gasteiger charge is -2.44. The van der Waals surface area contributed by atoms with Crippen molar-refractivity contribution in [2.24, 2.45) is 4.99 Å². The average Bonchev–Trinajstić information content (AvgIpc) is 3.54. The third-order valence-electron chi connectivity index (χ3n) is 5.91. The molecule has 2 aliphatic heterocycles. The predicted molar refractivity (Wildman–Crippen MR) is 158 cm³/mol. The van der Waals surface area contributed by atoms with Gasteiger partial charge in [0.25, 0.3) is 5.91 Å². The number of rotatable bonds is 8. The number of hydrogen-bond acceptors (Lipinski definition) is 13. The number of esters is 4. The summed E-state index contributed by atoms with van der Waals surface area (Å²) < 4.78 is 27.8.